The van der Waals surface area contributed by atoms with Gasteiger partial charge in [0.1, 0.15) is 31.5 Å². The van der Waals surface area contributed by atoms with E-state index >= 15 is 0 Å². The van der Waals surface area contributed by atoms with Crippen molar-refractivity contribution in [2.24, 2.45) is 0 Å². The molecule has 6 aromatic rings. The first-order valence-corrected chi connectivity index (χ1v) is 16.9. The second-order valence-corrected chi connectivity index (χ2v) is 13.2. The van der Waals surface area contributed by atoms with E-state index < -0.39 is 0 Å². The van der Waals surface area contributed by atoms with Gasteiger partial charge in [0, 0.05) is 24.3 Å². The average molecular weight is 627 g/mol. The summed E-state index contributed by atoms with van der Waals surface area (Å²) in [4.78, 5) is 0.310. The summed E-state index contributed by atoms with van der Waals surface area (Å²) >= 11 is 0. The van der Waals surface area contributed by atoms with Gasteiger partial charge < -0.3 is 0 Å². The molecule has 5 nitrogen and oxygen atoms in total. The monoisotopic (exact) mass is 626 g/mol. The summed E-state index contributed by atoms with van der Waals surface area (Å²) in [6.45, 7) is 0. The van der Waals surface area contributed by atoms with Crippen molar-refractivity contribution in [3.63, 3.8) is 0 Å². The van der Waals surface area contributed by atoms with Crippen LogP contribution in [0, 0.1) is 0 Å². The molecule has 8 heterocycles. The van der Waals surface area contributed by atoms with E-state index in [0.717, 1.165) is 0 Å². The van der Waals surface area contributed by atoms with Crippen LogP contribution in [0.5, 0.6) is 0 Å². The first-order valence-electron chi connectivity index (χ1n) is 16.9. The van der Waals surface area contributed by atoms with Crippen molar-refractivity contribution in [2.45, 2.75) is 0 Å². The van der Waals surface area contributed by atoms with Gasteiger partial charge in [-0.25, -0.2) is 0 Å². The Labute approximate surface area is 282 Å². The Morgan fingerprint density at radius 3 is 1.10 bits per heavy atom. The van der Waals surface area contributed by atoms with Gasteiger partial charge in [0.05, 0.1) is 22.3 Å². The molecule has 4 aromatic carbocycles. The second kappa shape index (κ2) is 8.86. The Hall–Kier alpha value is -6.56. The Morgan fingerprint density at radius 2 is 0.714 bits per heavy atom. The van der Waals surface area contributed by atoms with Crippen LogP contribution >= 0.6 is 0 Å². The van der Waals surface area contributed by atoms with Crippen molar-refractivity contribution < 1.29 is 9.37 Å². The minimum Gasteiger partial charge on any atom is -0.0622 e. The molecule has 6 aliphatic rings. The molecule has 0 aliphatic carbocycles. The number of allylic oxidation sites excluding steroid dienone is 4. The molecule has 0 atom stereocenters. The van der Waals surface area contributed by atoms with Gasteiger partial charge in [-0.2, -0.15) is 0 Å². The largest absolute Gasteiger partial charge is 0.320 e. The zero-order valence-corrected chi connectivity index (χ0v) is 26.4. The highest BCUT2D eigenvalue weighted by Gasteiger charge is 2.74. The zero-order chi connectivity index (χ0) is 31.8. The van der Waals surface area contributed by atoms with Crippen LogP contribution in [0.15, 0.2) is 181 Å². The Kier molecular flexibility index (Phi) is 4.62. The normalized spacial score (nSPS) is 18.2. The molecule has 6 aliphatic heterocycles. The SMILES string of the molecule is C1=CC2=[N+]3C1=C(c1ccccc1)c1ccc4n1[N+]31n3c(ccc3=C(c3ccccc3)C3=[N+]1C(=C4c1ccccc1)C=C3)=C2c1ccccc1. The van der Waals surface area contributed by atoms with Crippen molar-refractivity contribution >= 4 is 33.7 Å². The summed E-state index contributed by atoms with van der Waals surface area (Å²) in [5.74, 6) is 0. The fourth-order valence-corrected chi connectivity index (χ4v) is 9.05. The zero-order valence-electron chi connectivity index (χ0n) is 26.4. The first-order chi connectivity index (χ1) is 24.4. The van der Waals surface area contributed by atoms with E-state index in [4.69, 9.17) is 0 Å². The van der Waals surface area contributed by atoms with Gasteiger partial charge in [-0.05, 0) is 55.9 Å². The summed E-state index contributed by atoms with van der Waals surface area (Å²) in [6.07, 6.45) is 9.36. The molecular formula is C44H28N5+3. The van der Waals surface area contributed by atoms with Crippen LogP contribution < -0.4 is 15.6 Å². The molecule has 0 N–H and O–H groups in total. The van der Waals surface area contributed by atoms with E-state index in [1.54, 1.807) is 0 Å². The van der Waals surface area contributed by atoms with Gasteiger partial charge in [-0.1, -0.05) is 121 Å². The molecule has 0 fully saturated rings. The van der Waals surface area contributed by atoms with Gasteiger partial charge >= 0.3 is 4.92 Å². The molecule has 49 heavy (non-hydrogen) atoms. The third-order valence-electron chi connectivity index (χ3n) is 10.8. The number of nitrogens with zero attached hydrogens (tertiary/aromatic N) is 5. The van der Waals surface area contributed by atoms with Crippen LogP contribution in [0.3, 0.4) is 0 Å². The van der Waals surface area contributed by atoms with E-state index in [0.29, 0.717) is 4.92 Å². The Bertz CT molecular complexity index is 2630. The number of hydrogen-bond acceptors (Lipinski definition) is 0. The Morgan fingerprint density at radius 1 is 0.347 bits per heavy atom. The molecule has 0 saturated carbocycles. The van der Waals surface area contributed by atoms with Gasteiger partial charge in [0.2, 0.25) is 0 Å². The number of aromatic nitrogens is 2. The van der Waals surface area contributed by atoms with Crippen molar-refractivity contribution in [3.05, 3.63) is 226 Å². The number of benzene rings is 4. The quantitative estimate of drug-likeness (QED) is 0.168. The number of rotatable bonds is 4. The topological polar surface area (TPSA) is 15.9 Å². The molecule has 0 amide bonds. The number of quaternary nitrogens is 1. The predicted molar refractivity (Wildman–Crippen MR) is 193 cm³/mol. The highest BCUT2D eigenvalue weighted by Crippen LogP contribution is 2.48. The van der Waals surface area contributed by atoms with Gasteiger partial charge in [0.25, 0.3) is 22.8 Å². The number of hydrogen-bond donors (Lipinski definition) is 0. The fourth-order valence-electron chi connectivity index (χ4n) is 9.05. The minimum absolute atomic E-state index is 0.310. The standard InChI is InChI=1S/C44H28N5/c1-5-13-29(14-6-1)41-33-21-23-35-42(30-15-7-2-8-16-30)37-25-27-39-44(32-19-11-4-12-20-32)40-28-26-38-43(31-17-9-3-10-18-31)36-24-22-34(41)46(36)49(45(33)35,47(37)39)48(38)40/h1-28H/q+3. The van der Waals surface area contributed by atoms with Crippen LogP contribution in [0.1, 0.15) is 33.6 Å². The van der Waals surface area contributed by atoms with Gasteiger partial charge in [-0.3, -0.25) is 0 Å². The van der Waals surface area contributed by atoms with Crippen molar-refractivity contribution in [1.82, 2.24) is 14.3 Å². The van der Waals surface area contributed by atoms with Crippen molar-refractivity contribution in [1.29, 1.82) is 0 Å². The summed E-state index contributed by atoms with van der Waals surface area (Å²) < 4.78 is 10.3. The van der Waals surface area contributed by atoms with Crippen molar-refractivity contribution in [3.8, 4) is 0 Å². The lowest BCUT2D eigenvalue weighted by Crippen LogP contribution is -2.82. The van der Waals surface area contributed by atoms with E-state index in [9.17, 15) is 0 Å². The first kappa shape index (κ1) is 25.5. The maximum atomic E-state index is 2.58. The van der Waals surface area contributed by atoms with Crippen LogP contribution in [-0.4, -0.2) is 30.1 Å². The maximum Gasteiger partial charge on any atom is 0.320 e. The van der Waals surface area contributed by atoms with Gasteiger partial charge in [0.15, 0.2) is 0 Å². The second-order valence-electron chi connectivity index (χ2n) is 13.2. The molecule has 0 unspecified atom stereocenters. The van der Waals surface area contributed by atoms with E-state index in [1.165, 1.54) is 89.4 Å². The summed E-state index contributed by atoms with van der Waals surface area (Å²) in [6, 6.07) is 52.9. The van der Waals surface area contributed by atoms with Crippen LogP contribution in [0.4, 0.5) is 0 Å². The molecule has 0 bridgehead atoms. The molecule has 0 radical (unpaired) electrons. The Balaban J connectivity index is 1.35. The molecule has 2 aromatic heterocycles. The fraction of sp³-hybridized carbons (Fsp3) is 0. The molecule has 1 spiro atoms. The minimum atomic E-state index is 0.310. The maximum absolute atomic E-state index is 2.58. The molecule has 12 rings (SSSR count). The summed E-state index contributed by atoms with van der Waals surface area (Å²) in [5.41, 5.74) is 16.9. The molecule has 5 heteroatoms. The van der Waals surface area contributed by atoms with Crippen LogP contribution in [-0.2, 0) is 0 Å². The predicted octanol–water partition coefficient (Wildman–Crippen LogP) is 6.04. The summed E-state index contributed by atoms with van der Waals surface area (Å²) in [5, 5.41) is 2.38. The molecule has 0 saturated heterocycles. The molecular weight excluding hydrogens is 599 g/mol. The third kappa shape index (κ3) is 2.89. The van der Waals surface area contributed by atoms with Crippen molar-refractivity contribution in [2.75, 3.05) is 0 Å². The van der Waals surface area contributed by atoms with Gasteiger partial charge in [-0.15, -0.1) is 0 Å². The average Bonchev–Trinajstić information content (AvgIpc) is 3.99. The highest BCUT2D eigenvalue weighted by atomic mass is 16.2. The van der Waals surface area contributed by atoms with Crippen LogP contribution in [0.2, 0.25) is 0 Å². The lowest BCUT2D eigenvalue weighted by Gasteiger charge is -2.37. The van der Waals surface area contributed by atoms with E-state index in [2.05, 4.69) is 189 Å². The third-order valence-corrected chi connectivity index (χ3v) is 10.8. The highest BCUT2D eigenvalue weighted by molar-refractivity contribution is 6.29. The molecule has 226 valence electrons. The smallest absolute Gasteiger partial charge is 0.0622 e. The lowest BCUT2D eigenvalue weighted by molar-refractivity contribution is -0.929. The van der Waals surface area contributed by atoms with E-state index in [-0.39, 0.29) is 0 Å². The van der Waals surface area contributed by atoms with Crippen LogP contribution in [0.25, 0.3) is 22.3 Å². The lowest BCUT2D eigenvalue weighted by atomic mass is 9.98. The van der Waals surface area contributed by atoms with E-state index in [1.807, 2.05) is 0 Å². The summed E-state index contributed by atoms with van der Waals surface area (Å²) in [7, 11) is 0.